The zero-order valence-corrected chi connectivity index (χ0v) is 16.8. The minimum Gasteiger partial charge on any atom is -0.368 e. The third-order valence-electron chi connectivity index (χ3n) is 6.48. The number of ether oxygens (including phenoxy) is 1. The average molecular weight is 375 g/mol. The monoisotopic (exact) mass is 374 g/mol. The van der Waals surface area contributed by atoms with Crippen LogP contribution in [0.15, 0.2) is 0 Å². The molecular formula is C21H34N4O2. The SMILES string of the molecule is Cc1nc2n(c1CN1CCN(C(=O)COC3CCCCC3)CC1)CCCC2. The summed E-state index contributed by atoms with van der Waals surface area (Å²) in [5.41, 5.74) is 2.57. The molecule has 1 aliphatic carbocycles. The maximum absolute atomic E-state index is 12.5. The Morgan fingerprint density at radius 1 is 1.04 bits per heavy atom. The molecule has 0 N–H and O–H groups in total. The summed E-state index contributed by atoms with van der Waals surface area (Å²) < 4.78 is 8.31. The van der Waals surface area contributed by atoms with E-state index < -0.39 is 0 Å². The van der Waals surface area contributed by atoms with Crippen LogP contribution in [0.3, 0.4) is 0 Å². The molecule has 3 aliphatic rings. The largest absolute Gasteiger partial charge is 0.368 e. The van der Waals surface area contributed by atoms with Crippen LogP contribution in [0.1, 0.15) is 62.2 Å². The van der Waals surface area contributed by atoms with Gasteiger partial charge in [0.1, 0.15) is 12.4 Å². The fraction of sp³-hybridized carbons (Fsp3) is 0.810. The van der Waals surface area contributed by atoms with Crippen LogP contribution in [0.4, 0.5) is 0 Å². The normalized spacial score (nSPS) is 22.0. The van der Waals surface area contributed by atoms with E-state index in [0.29, 0.717) is 6.10 Å². The van der Waals surface area contributed by atoms with Crippen LogP contribution in [0.2, 0.25) is 0 Å². The first-order chi connectivity index (χ1) is 13.2. The highest BCUT2D eigenvalue weighted by molar-refractivity contribution is 5.77. The number of hydrogen-bond donors (Lipinski definition) is 0. The highest BCUT2D eigenvalue weighted by Gasteiger charge is 2.25. The highest BCUT2D eigenvalue weighted by atomic mass is 16.5. The molecule has 3 heterocycles. The van der Waals surface area contributed by atoms with E-state index in [1.807, 2.05) is 4.90 Å². The van der Waals surface area contributed by atoms with Gasteiger partial charge in [0.15, 0.2) is 0 Å². The van der Waals surface area contributed by atoms with E-state index in [4.69, 9.17) is 9.72 Å². The molecule has 6 heteroatoms. The molecule has 0 bridgehead atoms. The molecule has 0 radical (unpaired) electrons. The van der Waals surface area contributed by atoms with Gasteiger partial charge in [-0.15, -0.1) is 0 Å². The number of amides is 1. The summed E-state index contributed by atoms with van der Waals surface area (Å²) in [6.07, 6.45) is 10.00. The van der Waals surface area contributed by atoms with Crippen molar-refractivity contribution in [3.05, 3.63) is 17.2 Å². The topological polar surface area (TPSA) is 50.6 Å². The van der Waals surface area contributed by atoms with Crippen LogP contribution >= 0.6 is 0 Å². The third kappa shape index (κ3) is 4.54. The maximum atomic E-state index is 12.5. The van der Waals surface area contributed by atoms with Gasteiger partial charge in [0.05, 0.1) is 17.5 Å². The van der Waals surface area contributed by atoms with Crippen molar-refractivity contribution in [3.8, 4) is 0 Å². The first kappa shape index (κ1) is 18.9. The van der Waals surface area contributed by atoms with Crippen LogP contribution < -0.4 is 0 Å². The minimum absolute atomic E-state index is 0.165. The number of piperazine rings is 1. The third-order valence-corrected chi connectivity index (χ3v) is 6.48. The average Bonchev–Trinajstić information content (AvgIpc) is 3.03. The quantitative estimate of drug-likeness (QED) is 0.795. The summed E-state index contributed by atoms with van der Waals surface area (Å²) in [4.78, 5) is 21.7. The van der Waals surface area contributed by atoms with E-state index >= 15 is 0 Å². The standard InChI is InChI=1S/C21H34N4O2/c1-17-19(25-10-6-5-9-20(25)22-17)15-23-11-13-24(14-12-23)21(26)16-27-18-7-3-2-4-8-18/h18H,2-16H2,1H3. The van der Waals surface area contributed by atoms with E-state index in [2.05, 4.69) is 16.4 Å². The zero-order chi connectivity index (χ0) is 18.6. The van der Waals surface area contributed by atoms with Crippen LogP contribution in [0, 0.1) is 6.92 Å². The molecule has 2 aliphatic heterocycles. The van der Waals surface area contributed by atoms with E-state index in [1.54, 1.807) is 0 Å². The van der Waals surface area contributed by atoms with Crippen LogP contribution in [-0.2, 0) is 29.0 Å². The highest BCUT2D eigenvalue weighted by Crippen LogP contribution is 2.22. The van der Waals surface area contributed by atoms with Crippen LogP contribution in [-0.4, -0.2) is 64.1 Å². The molecule has 1 saturated heterocycles. The van der Waals surface area contributed by atoms with E-state index in [0.717, 1.165) is 58.5 Å². The molecule has 6 nitrogen and oxygen atoms in total. The van der Waals surface area contributed by atoms with Gasteiger partial charge in [-0.1, -0.05) is 19.3 Å². The number of aryl methyl sites for hydroxylation is 2. The first-order valence-corrected chi connectivity index (χ1v) is 10.9. The van der Waals surface area contributed by atoms with Crippen molar-refractivity contribution >= 4 is 5.91 Å². The predicted octanol–water partition coefficient (Wildman–Crippen LogP) is 2.52. The molecule has 0 aromatic carbocycles. The van der Waals surface area contributed by atoms with Crippen molar-refractivity contribution in [2.45, 2.75) is 77.5 Å². The predicted molar refractivity (Wildman–Crippen MR) is 105 cm³/mol. The second kappa shape index (κ2) is 8.74. The molecule has 1 amide bonds. The second-order valence-electron chi connectivity index (χ2n) is 8.40. The number of hydrogen-bond acceptors (Lipinski definition) is 4. The van der Waals surface area contributed by atoms with Gasteiger partial charge < -0.3 is 14.2 Å². The van der Waals surface area contributed by atoms with Gasteiger partial charge in [-0.05, 0) is 32.6 Å². The summed E-state index contributed by atoms with van der Waals surface area (Å²) in [6.45, 7) is 7.98. The Hall–Kier alpha value is -1.40. The van der Waals surface area contributed by atoms with Gasteiger partial charge >= 0.3 is 0 Å². The summed E-state index contributed by atoms with van der Waals surface area (Å²) in [6, 6.07) is 0. The summed E-state index contributed by atoms with van der Waals surface area (Å²) in [7, 11) is 0. The Labute approximate surface area is 162 Å². The van der Waals surface area contributed by atoms with Gasteiger partial charge in [-0.3, -0.25) is 9.69 Å². The fourth-order valence-corrected chi connectivity index (χ4v) is 4.76. The van der Waals surface area contributed by atoms with E-state index in [1.165, 1.54) is 49.3 Å². The number of rotatable bonds is 5. The molecular weight excluding hydrogens is 340 g/mol. The Morgan fingerprint density at radius 2 is 1.81 bits per heavy atom. The van der Waals surface area contributed by atoms with Gasteiger partial charge in [0.25, 0.3) is 0 Å². The van der Waals surface area contributed by atoms with Gasteiger partial charge in [-0.2, -0.15) is 0 Å². The minimum atomic E-state index is 0.165. The Bertz CT molecular complexity index is 643. The number of carbonyl (C=O) groups excluding carboxylic acids is 1. The van der Waals surface area contributed by atoms with Crippen molar-refractivity contribution in [2.75, 3.05) is 32.8 Å². The molecule has 1 aromatic heterocycles. The summed E-state index contributed by atoms with van der Waals surface area (Å²) in [5.74, 6) is 1.43. The zero-order valence-electron chi connectivity index (χ0n) is 16.8. The van der Waals surface area contributed by atoms with Crippen molar-refractivity contribution < 1.29 is 9.53 Å². The Kier molecular flexibility index (Phi) is 6.13. The van der Waals surface area contributed by atoms with Crippen LogP contribution in [0.5, 0.6) is 0 Å². The van der Waals surface area contributed by atoms with Crippen LogP contribution in [0.25, 0.3) is 0 Å². The number of nitrogens with zero attached hydrogens (tertiary/aromatic N) is 4. The van der Waals surface area contributed by atoms with Gasteiger partial charge in [-0.25, -0.2) is 4.98 Å². The lowest BCUT2D eigenvalue weighted by molar-refractivity contribution is -0.140. The number of carbonyl (C=O) groups is 1. The van der Waals surface area contributed by atoms with E-state index in [-0.39, 0.29) is 12.5 Å². The summed E-state index contributed by atoms with van der Waals surface area (Å²) in [5, 5.41) is 0. The molecule has 1 saturated carbocycles. The second-order valence-corrected chi connectivity index (χ2v) is 8.40. The lowest BCUT2D eigenvalue weighted by Crippen LogP contribution is -2.49. The lowest BCUT2D eigenvalue weighted by Gasteiger charge is -2.35. The number of imidazole rings is 1. The van der Waals surface area contributed by atoms with Gasteiger partial charge in [0.2, 0.25) is 5.91 Å². The van der Waals surface area contributed by atoms with Crippen molar-refractivity contribution in [2.24, 2.45) is 0 Å². The molecule has 2 fully saturated rings. The van der Waals surface area contributed by atoms with Crippen molar-refractivity contribution in [3.63, 3.8) is 0 Å². The molecule has 0 atom stereocenters. The molecule has 150 valence electrons. The molecule has 1 aromatic rings. The maximum Gasteiger partial charge on any atom is 0.248 e. The van der Waals surface area contributed by atoms with Crippen molar-refractivity contribution in [1.82, 2.24) is 19.4 Å². The van der Waals surface area contributed by atoms with Gasteiger partial charge in [0, 0.05) is 45.7 Å². The first-order valence-electron chi connectivity index (χ1n) is 10.9. The Morgan fingerprint density at radius 3 is 2.59 bits per heavy atom. The lowest BCUT2D eigenvalue weighted by atomic mass is 9.98. The summed E-state index contributed by atoms with van der Waals surface area (Å²) >= 11 is 0. The molecule has 27 heavy (non-hydrogen) atoms. The molecule has 0 unspecified atom stereocenters. The smallest absolute Gasteiger partial charge is 0.248 e. The van der Waals surface area contributed by atoms with E-state index in [9.17, 15) is 4.79 Å². The Balaban J connectivity index is 1.24. The number of aromatic nitrogens is 2. The molecule has 0 spiro atoms. The number of fused-ring (bicyclic) bond motifs is 1. The van der Waals surface area contributed by atoms with Crippen molar-refractivity contribution in [1.29, 1.82) is 0 Å². The molecule has 4 rings (SSSR count). The fourth-order valence-electron chi connectivity index (χ4n) is 4.76.